The summed E-state index contributed by atoms with van der Waals surface area (Å²) in [6.07, 6.45) is 16.3. The van der Waals surface area contributed by atoms with E-state index >= 15 is 0 Å². The van der Waals surface area contributed by atoms with Crippen LogP contribution in [0.4, 0.5) is 0 Å². The van der Waals surface area contributed by atoms with E-state index in [1.165, 1.54) is 64.2 Å². The number of rotatable bonds is 17. The fraction of sp³-hybridized carbons (Fsp3) is 0.909. The highest BCUT2D eigenvalue weighted by atomic mass is 16.5. The topological polar surface area (TPSA) is 79.2 Å². The molecule has 1 saturated heterocycles. The summed E-state index contributed by atoms with van der Waals surface area (Å²) in [4.78, 5) is 0. The third kappa shape index (κ3) is 11.9. The number of unbranched alkanes of at least 4 members (excludes halogenated alkanes) is 10. The van der Waals surface area contributed by atoms with E-state index in [1.807, 2.05) is 0 Å². The molecular weight excluding hydrogens is 344 g/mol. The molecule has 0 aromatic rings. The maximum atomic E-state index is 9.91. The number of ether oxygens (including phenoxy) is 2. The van der Waals surface area contributed by atoms with Gasteiger partial charge in [0, 0.05) is 0 Å². The normalized spacial score (nSPS) is 24.1. The summed E-state index contributed by atoms with van der Waals surface area (Å²) in [7, 11) is 0. The van der Waals surface area contributed by atoms with Crippen molar-refractivity contribution >= 4 is 0 Å². The minimum absolute atomic E-state index is 0.0601. The number of hydrogen-bond acceptors (Lipinski definition) is 5. The zero-order valence-corrected chi connectivity index (χ0v) is 17.2. The molecule has 0 unspecified atom stereocenters. The van der Waals surface area contributed by atoms with E-state index in [0.717, 1.165) is 12.8 Å². The quantitative estimate of drug-likeness (QED) is 0.262. The first-order valence-corrected chi connectivity index (χ1v) is 11.0. The van der Waals surface area contributed by atoms with Crippen molar-refractivity contribution in [2.24, 2.45) is 0 Å². The van der Waals surface area contributed by atoms with Crippen molar-refractivity contribution in [2.45, 2.75) is 108 Å². The third-order valence-corrected chi connectivity index (χ3v) is 5.18. The van der Waals surface area contributed by atoms with Gasteiger partial charge in [-0.25, -0.2) is 0 Å². The highest BCUT2D eigenvalue weighted by Gasteiger charge is 2.39. The lowest BCUT2D eigenvalue weighted by molar-refractivity contribution is -0.0806. The smallest absolute Gasteiger partial charge is 0.114 e. The Hall–Kier alpha value is -0.460. The summed E-state index contributed by atoms with van der Waals surface area (Å²) in [5.74, 6) is 0. The van der Waals surface area contributed by atoms with Gasteiger partial charge < -0.3 is 24.8 Å². The molecule has 0 aliphatic carbocycles. The van der Waals surface area contributed by atoms with Crippen LogP contribution >= 0.6 is 0 Å². The minimum Gasteiger partial charge on any atom is -0.388 e. The molecule has 0 saturated carbocycles. The Labute approximate surface area is 165 Å². The standard InChI is InChI=1S/C22H42O5/c1-2-3-4-5-6-7-8-9-10-11-12-13-14-15-16-26-17-20(24)22-21(25)19(23)18-27-22/h13-14,19-25H,2-12,15-18H2,1H3/b14-13+/t19-,20+,21+,22+/m1/s1. The predicted molar refractivity (Wildman–Crippen MR) is 109 cm³/mol. The van der Waals surface area contributed by atoms with Crippen LogP contribution in [-0.2, 0) is 9.47 Å². The molecule has 27 heavy (non-hydrogen) atoms. The summed E-state index contributed by atoms with van der Waals surface area (Å²) in [5, 5.41) is 29.0. The SMILES string of the molecule is CCCCCCCCCCCC/C=C/CCOC[C@H](O)[C@@H]1OC[C@@H](O)[C@@H]1O. The predicted octanol–water partition coefficient (Wildman–Crippen LogP) is 3.74. The molecular formula is C22H42O5. The Bertz CT molecular complexity index is 361. The summed E-state index contributed by atoms with van der Waals surface area (Å²) >= 11 is 0. The van der Waals surface area contributed by atoms with Gasteiger partial charge in [-0.2, -0.15) is 0 Å². The number of hydrogen-bond donors (Lipinski definition) is 3. The Morgan fingerprint density at radius 2 is 1.52 bits per heavy atom. The van der Waals surface area contributed by atoms with Gasteiger partial charge in [0.15, 0.2) is 0 Å². The Balaban J connectivity index is 1.83. The molecule has 0 aromatic heterocycles. The lowest BCUT2D eigenvalue weighted by Crippen LogP contribution is -2.40. The van der Waals surface area contributed by atoms with Crippen molar-refractivity contribution in [3.8, 4) is 0 Å². The van der Waals surface area contributed by atoms with Crippen molar-refractivity contribution in [3.05, 3.63) is 12.2 Å². The van der Waals surface area contributed by atoms with E-state index in [-0.39, 0.29) is 13.2 Å². The van der Waals surface area contributed by atoms with Crippen molar-refractivity contribution in [1.82, 2.24) is 0 Å². The highest BCUT2D eigenvalue weighted by molar-refractivity contribution is 4.88. The molecule has 160 valence electrons. The van der Waals surface area contributed by atoms with Gasteiger partial charge in [0.25, 0.3) is 0 Å². The molecule has 0 bridgehead atoms. The second kappa shape index (κ2) is 16.5. The van der Waals surface area contributed by atoms with Gasteiger partial charge in [-0.15, -0.1) is 0 Å². The lowest BCUT2D eigenvalue weighted by Gasteiger charge is -2.20. The van der Waals surface area contributed by atoms with Gasteiger partial charge in [0.2, 0.25) is 0 Å². The molecule has 4 atom stereocenters. The van der Waals surface area contributed by atoms with Gasteiger partial charge in [0.1, 0.15) is 24.4 Å². The number of aliphatic hydroxyl groups excluding tert-OH is 3. The molecule has 1 aliphatic rings. The highest BCUT2D eigenvalue weighted by Crippen LogP contribution is 2.17. The second-order valence-corrected chi connectivity index (χ2v) is 7.73. The maximum Gasteiger partial charge on any atom is 0.114 e. The summed E-state index contributed by atoms with van der Waals surface area (Å²) < 4.78 is 10.6. The van der Waals surface area contributed by atoms with Crippen molar-refractivity contribution in [2.75, 3.05) is 19.8 Å². The van der Waals surface area contributed by atoms with Crippen LogP contribution in [0.25, 0.3) is 0 Å². The van der Waals surface area contributed by atoms with Crippen molar-refractivity contribution < 1.29 is 24.8 Å². The van der Waals surface area contributed by atoms with E-state index < -0.39 is 24.4 Å². The summed E-state index contributed by atoms with van der Waals surface area (Å²) in [6.45, 7) is 2.97. The molecule has 1 rings (SSSR count). The van der Waals surface area contributed by atoms with Gasteiger partial charge in [0.05, 0.1) is 19.8 Å². The molecule has 1 aliphatic heterocycles. The average Bonchev–Trinajstić information content (AvgIpc) is 3.00. The summed E-state index contributed by atoms with van der Waals surface area (Å²) in [6, 6.07) is 0. The fourth-order valence-electron chi connectivity index (χ4n) is 3.40. The van der Waals surface area contributed by atoms with Crippen LogP contribution in [0.2, 0.25) is 0 Å². The lowest BCUT2D eigenvalue weighted by atomic mass is 10.1. The largest absolute Gasteiger partial charge is 0.388 e. The van der Waals surface area contributed by atoms with E-state index in [4.69, 9.17) is 9.47 Å². The van der Waals surface area contributed by atoms with E-state index in [9.17, 15) is 15.3 Å². The van der Waals surface area contributed by atoms with Gasteiger partial charge in [-0.3, -0.25) is 0 Å². The zero-order valence-electron chi connectivity index (χ0n) is 17.2. The molecule has 1 fully saturated rings. The first-order chi connectivity index (χ1) is 13.2. The molecule has 1 heterocycles. The minimum atomic E-state index is -1.04. The van der Waals surface area contributed by atoms with Crippen LogP contribution < -0.4 is 0 Å². The molecule has 5 heteroatoms. The van der Waals surface area contributed by atoms with E-state index in [2.05, 4.69) is 19.1 Å². The fourth-order valence-corrected chi connectivity index (χ4v) is 3.40. The molecule has 0 spiro atoms. The van der Waals surface area contributed by atoms with Gasteiger partial charge in [-0.1, -0.05) is 76.9 Å². The van der Waals surface area contributed by atoms with Gasteiger partial charge >= 0.3 is 0 Å². The maximum absolute atomic E-state index is 9.91. The molecule has 0 radical (unpaired) electrons. The Morgan fingerprint density at radius 3 is 2.11 bits per heavy atom. The summed E-state index contributed by atoms with van der Waals surface area (Å²) in [5.41, 5.74) is 0. The monoisotopic (exact) mass is 386 g/mol. The van der Waals surface area contributed by atoms with Crippen LogP contribution in [0.15, 0.2) is 12.2 Å². The first-order valence-electron chi connectivity index (χ1n) is 11.0. The van der Waals surface area contributed by atoms with E-state index in [0.29, 0.717) is 6.61 Å². The Morgan fingerprint density at radius 1 is 0.926 bits per heavy atom. The molecule has 5 nitrogen and oxygen atoms in total. The van der Waals surface area contributed by atoms with Crippen molar-refractivity contribution in [1.29, 1.82) is 0 Å². The Kier molecular flexibility index (Phi) is 15.0. The van der Waals surface area contributed by atoms with Crippen LogP contribution in [-0.4, -0.2) is 59.6 Å². The van der Waals surface area contributed by atoms with Gasteiger partial charge in [-0.05, 0) is 19.3 Å². The molecule has 0 aromatic carbocycles. The average molecular weight is 387 g/mol. The van der Waals surface area contributed by atoms with Crippen LogP contribution in [0.1, 0.15) is 84.0 Å². The van der Waals surface area contributed by atoms with Crippen LogP contribution in [0, 0.1) is 0 Å². The van der Waals surface area contributed by atoms with E-state index in [1.54, 1.807) is 0 Å². The third-order valence-electron chi connectivity index (χ3n) is 5.18. The van der Waals surface area contributed by atoms with Crippen LogP contribution in [0.5, 0.6) is 0 Å². The zero-order chi connectivity index (χ0) is 19.7. The molecule has 0 amide bonds. The second-order valence-electron chi connectivity index (χ2n) is 7.73. The van der Waals surface area contributed by atoms with Crippen LogP contribution in [0.3, 0.4) is 0 Å². The number of allylic oxidation sites excluding steroid dienone is 1. The van der Waals surface area contributed by atoms with Crippen molar-refractivity contribution in [3.63, 3.8) is 0 Å². The number of aliphatic hydroxyl groups is 3. The first kappa shape index (κ1) is 24.6. The molecule has 3 N–H and O–H groups in total.